The first-order valence-electron chi connectivity index (χ1n) is 7.14. The Hall–Kier alpha value is -0.240. The van der Waals surface area contributed by atoms with Gasteiger partial charge >= 0.3 is 0 Å². The van der Waals surface area contributed by atoms with E-state index in [9.17, 15) is 0 Å². The van der Waals surface area contributed by atoms with Gasteiger partial charge < -0.3 is 14.6 Å². The van der Waals surface area contributed by atoms with E-state index in [1.165, 1.54) is 11.5 Å². The molecular formula is C13H21N3O2S2. The fraction of sp³-hybridized carbons (Fsp3) is 0.846. The number of rotatable bonds is 4. The lowest BCUT2D eigenvalue weighted by Gasteiger charge is -2.27. The second-order valence-corrected chi connectivity index (χ2v) is 7.75. The number of aromatic nitrogens is 2. The van der Waals surface area contributed by atoms with Crippen molar-refractivity contribution in [3.63, 3.8) is 0 Å². The summed E-state index contributed by atoms with van der Waals surface area (Å²) < 4.78 is 10.8. The minimum Gasteiger partial charge on any atom is -0.380 e. The highest BCUT2D eigenvalue weighted by Crippen LogP contribution is 2.43. The Morgan fingerprint density at radius 3 is 3.00 bits per heavy atom. The smallest absolute Gasteiger partial charge is 0.243 e. The maximum Gasteiger partial charge on any atom is 0.243 e. The zero-order valence-electron chi connectivity index (χ0n) is 11.9. The lowest BCUT2D eigenvalue weighted by atomic mass is 10.2. The molecule has 0 bridgehead atoms. The van der Waals surface area contributed by atoms with Gasteiger partial charge in [0.25, 0.3) is 0 Å². The maximum atomic E-state index is 5.49. The third kappa shape index (κ3) is 3.00. The zero-order valence-corrected chi connectivity index (χ0v) is 13.5. The molecule has 0 spiro atoms. The molecule has 5 nitrogen and oxygen atoms in total. The average molecular weight is 315 g/mol. The Bertz CT molecular complexity index is 443. The highest BCUT2D eigenvalue weighted by molar-refractivity contribution is 8.06. The predicted molar refractivity (Wildman–Crippen MR) is 82.2 cm³/mol. The van der Waals surface area contributed by atoms with E-state index in [4.69, 9.17) is 9.26 Å². The second kappa shape index (κ2) is 6.68. The summed E-state index contributed by atoms with van der Waals surface area (Å²) in [7, 11) is 1.75. The van der Waals surface area contributed by atoms with Crippen molar-refractivity contribution < 1.29 is 9.26 Å². The van der Waals surface area contributed by atoms with E-state index in [0.29, 0.717) is 16.4 Å². The molecule has 0 aromatic carbocycles. The normalized spacial score (nSPS) is 34.5. The van der Waals surface area contributed by atoms with Gasteiger partial charge in [-0.3, -0.25) is 0 Å². The van der Waals surface area contributed by atoms with Gasteiger partial charge in [0.15, 0.2) is 5.82 Å². The molecule has 3 rings (SSSR count). The van der Waals surface area contributed by atoms with Crippen LogP contribution in [0.25, 0.3) is 0 Å². The van der Waals surface area contributed by atoms with Gasteiger partial charge in [-0.1, -0.05) is 12.1 Å². The van der Waals surface area contributed by atoms with Gasteiger partial charge in [0.05, 0.1) is 17.4 Å². The zero-order chi connectivity index (χ0) is 13.9. The van der Waals surface area contributed by atoms with E-state index in [1.54, 1.807) is 7.11 Å². The molecule has 1 aromatic rings. The SMILES string of the molecule is CCC1SCCSC1c1noc([C@H]2C[C@H](OC)CN2)n1. The Morgan fingerprint density at radius 2 is 2.25 bits per heavy atom. The van der Waals surface area contributed by atoms with Crippen molar-refractivity contribution in [2.75, 3.05) is 25.2 Å². The molecule has 2 aliphatic rings. The van der Waals surface area contributed by atoms with E-state index in [-0.39, 0.29) is 12.1 Å². The van der Waals surface area contributed by atoms with Crippen molar-refractivity contribution in [2.45, 2.75) is 42.4 Å². The highest BCUT2D eigenvalue weighted by atomic mass is 32.2. The first-order chi connectivity index (χ1) is 9.81. The number of hydrogen-bond acceptors (Lipinski definition) is 7. The summed E-state index contributed by atoms with van der Waals surface area (Å²) in [6.45, 7) is 3.09. The topological polar surface area (TPSA) is 60.2 Å². The van der Waals surface area contributed by atoms with Crippen LogP contribution in [-0.4, -0.2) is 46.7 Å². The van der Waals surface area contributed by atoms with Crippen molar-refractivity contribution in [3.05, 3.63) is 11.7 Å². The molecule has 7 heteroatoms. The molecule has 2 aliphatic heterocycles. The van der Waals surface area contributed by atoms with Crippen molar-refractivity contribution >= 4 is 23.5 Å². The van der Waals surface area contributed by atoms with Gasteiger partial charge in [-0.25, -0.2) is 0 Å². The molecule has 3 heterocycles. The summed E-state index contributed by atoms with van der Waals surface area (Å²) in [5.74, 6) is 3.98. The van der Waals surface area contributed by atoms with Crippen LogP contribution in [0.4, 0.5) is 0 Å². The molecule has 112 valence electrons. The third-order valence-corrected chi connectivity index (χ3v) is 7.13. The van der Waals surface area contributed by atoms with Crippen LogP contribution >= 0.6 is 23.5 Å². The van der Waals surface area contributed by atoms with Gasteiger partial charge in [0, 0.05) is 30.4 Å². The highest BCUT2D eigenvalue weighted by Gasteiger charge is 2.33. The second-order valence-electron chi connectivity index (χ2n) is 5.15. The van der Waals surface area contributed by atoms with E-state index in [2.05, 4.69) is 22.4 Å². The lowest BCUT2D eigenvalue weighted by molar-refractivity contribution is 0.116. The number of nitrogens with zero attached hydrogens (tertiary/aromatic N) is 2. The number of hydrogen-bond donors (Lipinski definition) is 1. The molecule has 0 radical (unpaired) electrons. The molecule has 2 saturated heterocycles. The van der Waals surface area contributed by atoms with Crippen molar-refractivity contribution in [1.29, 1.82) is 0 Å². The Kier molecular flexibility index (Phi) is 4.91. The molecule has 2 unspecified atom stereocenters. The molecule has 2 fully saturated rings. The van der Waals surface area contributed by atoms with Crippen LogP contribution in [0.1, 0.15) is 42.8 Å². The number of thioether (sulfide) groups is 2. The summed E-state index contributed by atoms with van der Waals surface area (Å²) in [4.78, 5) is 4.65. The molecule has 4 atom stereocenters. The van der Waals surface area contributed by atoms with Gasteiger partial charge in [-0.2, -0.15) is 16.7 Å². The standard InChI is InChI=1S/C13H21N3O2S2/c1-3-10-11(20-5-4-19-10)12-15-13(18-16-12)9-6-8(17-2)7-14-9/h8-11,14H,3-7H2,1-2H3/t8-,9+,10?,11?/m0/s1. The van der Waals surface area contributed by atoms with Crippen LogP contribution in [0.15, 0.2) is 4.52 Å². The molecule has 20 heavy (non-hydrogen) atoms. The molecular weight excluding hydrogens is 294 g/mol. The molecule has 0 aliphatic carbocycles. The van der Waals surface area contributed by atoms with Gasteiger partial charge in [-0.05, 0) is 12.8 Å². The van der Waals surface area contributed by atoms with E-state index < -0.39 is 0 Å². The van der Waals surface area contributed by atoms with Gasteiger partial charge in [0.2, 0.25) is 5.89 Å². The minimum absolute atomic E-state index is 0.141. The van der Waals surface area contributed by atoms with E-state index >= 15 is 0 Å². The molecule has 0 amide bonds. The largest absolute Gasteiger partial charge is 0.380 e. The van der Waals surface area contributed by atoms with Crippen LogP contribution in [0.3, 0.4) is 0 Å². The first kappa shape index (κ1) is 14.7. The summed E-state index contributed by atoms with van der Waals surface area (Å²) in [5.41, 5.74) is 0. The van der Waals surface area contributed by atoms with Crippen LogP contribution in [0, 0.1) is 0 Å². The summed E-state index contributed by atoms with van der Waals surface area (Å²) >= 11 is 3.99. The summed E-state index contributed by atoms with van der Waals surface area (Å²) in [5, 5.41) is 8.59. The number of ether oxygens (including phenoxy) is 1. The van der Waals surface area contributed by atoms with Crippen LogP contribution < -0.4 is 5.32 Å². The molecule has 1 N–H and O–H groups in total. The van der Waals surface area contributed by atoms with Crippen LogP contribution in [0.2, 0.25) is 0 Å². The quantitative estimate of drug-likeness (QED) is 0.915. The van der Waals surface area contributed by atoms with Crippen molar-refractivity contribution in [1.82, 2.24) is 15.5 Å². The summed E-state index contributed by atoms with van der Waals surface area (Å²) in [6.07, 6.45) is 2.31. The number of methoxy groups -OCH3 is 1. The molecule has 0 saturated carbocycles. The lowest BCUT2D eigenvalue weighted by Crippen LogP contribution is -2.19. The van der Waals surface area contributed by atoms with Crippen LogP contribution in [-0.2, 0) is 4.74 Å². The van der Waals surface area contributed by atoms with Gasteiger partial charge in [-0.15, -0.1) is 11.8 Å². The van der Waals surface area contributed by atoms with Crippen molar-refractivity contribution in [2.24, 2.45) is 0 Å². The van der Waals surface area contributed by atoms with Crippen LogP contribution in [0.5, 0.6) is 0 Å². The van der Waals surface area contributed by atoms with Crippen molar-refractivity contribution in [3.8, 4) is 0 Å². The third-order valence-electron chi connectivity index (χ3n) is 3.89. The van der Waals surface area contributed by atoms with E-state index in [0.717, 1.165) is 25.2 Å². The predicted octanol–water partition coefficient (Wildman–Crippen LogP) is 2.42. The molecule has 1 aromatic heterocycles. The average Bonchev–Trinajstić information content (AvgIpc) is 3.15. The summed E-state index contributed by atoms with van der Waals surface area (Å²) in [6, 6.07) is 0.141. The Balaban J connectivity index is 1.70. The first-order valence-corrected chi connectivity index (χ1v) is 9.24. The fourth-order valence-electron chi connectivity index (χ4n) is 2.72. The monoisotopic (exact) mass is 315 g/mol. The fourth-order valence-corrected chi connectivity index (χ4v) is 5.70. The van der Waals surface area contributed by atoms with Gasteiger partial charge in [0.1, 0.15) is 0 Å². The maximum absolute atomic E-state index is 5.49. The Labute approximate surface area is 128 Å². The number of nitrogens with one attached hydrogen (secondary N) is 1. The Morgan fingerprint density at radius 1 is 1.40 bits per heavy atom. The minimum atomic E-state index is 0.141. The van der Waals surface area contributed by atoms with E-state index in [1.807, 2.05) is 23.5 Å².